The maximum absolute atomic E-state index is 12.2. The van der Waals surface area contributed by atoms with E-state index >= 15 is 0 Å². The molecular formula is C16H32O4PSSi+. The average molecular weight is 380 g/mol. The lowest BCUT2D eigenvalue weighted by Gasteiger charge is -2.36. The first-order valence-electron chi connectivity index (χ1n) is 8.12. The molecule has 0 amide bonds. The second kappa shape index (κ2) is 7.10. The van der Waals surface area contributed by atoms with Crippen molar-refractivity contribution in [3.8, 4) is 0 Å². The highest BCUT2D eigenvalue weighted by atomic mass is 32.2. The van der Waals surface area contributed by atoms with Crippen LogP contribution in [-0.4, -0.2) is 18.1 Å². The second-order valence-electron chi connectivity index (χ2n) is 7.55. The Labute approximate surface area is 144 Å². The number of hydrogen-bond acceptors (Lipinski definition) is 2. The Morgan fingerprint density at radius 1 is 1.22 bits per heavy atom. The van der Waals surface area contributed by atoms with E-state index in [0.717, 1.165) is 4.88 Å². The molecule has 1 atom stereocenters. The standard InChI is InChI=1S/C16H31O4PSSi/c1-8-16(9-2,21(17,18)19)22-12-10-11-14(22)13-20-23(6,7)15(3,4)5/h10-12H,8-9,13H2,1-7H3,(H-,17,18,19)/p+1. The molecule has 0 radical (unpaired) electrons. The summed E-state index contributed by atoms with van der Waals surface area (Å²) in [4.78, 5) is 21.0. The molecule has 0 bridgehead atoms. The first-order chi connectivity index (χ1) is 10.3. The molecule has 0 aliphatic rings. The van der Waals surface area contributed by atoms with Gasteiger partial charge in [0.25, 0.3) is 0 Å². The minimum Gasteiger partial charge on any atom is -0.408 e. The molecule has 0 saturated carbocycles. The van der Waals surface area contributed by atoms with E-state index in [-0.39, 0.29) is 5.04 Å². The van der Waals surface area contributed by atoms with Crippen molar-refractivity contribution in [1.82, 2.24) is 0 Å². The van der Waals surface area contributed by atoms with E-state index in [1.54, 1.807) is 0 Å². The summed E-state index contributed by atoms with van der Waals surface area (Å²) < 4.78 is 17.5. The molecule has 0 saturated heterocycles. The van der Waals surface area contributed by atoms with Crippen LogP contribution < -0.4 is 0 Å². The fraction of sp³-hybridized carbons (Fsp3) is 0.750. The van der Waals surface area contributed by atoms with Crippen LogP contribution in [-0.2, 0) is 20.1 Å². The lowest BCUT2D eigenvalue weighted by atomic mass is 10.2. The smallest absolute Gasteiger partial charge is 0.385 e. The van der Waals surface area contributed by atoms with Crippen LogP contribution in [0.1, 0.15) is 52.3 Å². The molecule has 1 aromatic rings. The van der Waals surface area contributed by atoms with Crippen LogP contribution in [0.2, 0.25) is 18.1 Å². The Hall–Kier alpha value is 0.0269. The van der Waals surface area contributed by atoms with Crippen molar-refractivity contribution < 1.29 is 18.8 Å². The van der Waals surface area contributed by atoms with Gasteiger partial charge in [-0.1, -0.05) is 34.6 Å². The fourth-order valence-electron chi connectivity index (χ4n) is 2.44. The Morgan fingerprint density at radius 3 is 2.13 bits per heavy atom. The van der Waals surface area contributed by atoms with Crippen molar-refractivity contribution >= 4 is 26.4 Å². The predicted molar refractivity (Wildman–Crippen MR) is 102 cm³/mol. The molecule has 1 rings (SSSR count). The first-order valence-corrected chi connectivity index (χ1v) is 13.9. The zero-order chi connectivity index (χ0) is 18.1. The summed E-state index contributed by atoms with van der Waals surface area (Å²) in [5.41, 5.74) is 0. The molecule has 0 spiro atoms. The molecule has 0 aliphatic carbocycles. The van der Waals surface area contributed by atoms with Crippen molar-refractivity contribution in [3.63, 3.8) is 0 Å². The summed E-state index contributed by atoms with van der Waals surface area (Å²) in [6, 6.07) is 3.90. The highest BCUT2D eigenvalue weighted by Crippen LogP contribution is 2.67. The molecule has 23 heavy (non-hydrogen) atoms. The minimum absolute atomic E-state index is 0.119. The normalized spacial score (nSPS) is 15.1. The Bertz CT molecular complexity index is 567. The molecule has 2 N–H and O–H groups in total. The van der Waals surface area contributed by atoms with Crippen LogP contribution >= 0.6 is 18.1 Å². The number of rotatable bonds is 7. The van der Waals surface area contributed by atoms with Crippen molar-refractivity contribution in [2.45, 2.75) is 76.7 Å². The van der Waals surface area contributed by atoms with Gasteiger partial charge in [-0.15, -0.1) is 0 Å². The van der Waals surface area contributed by atoms with Gasteiger partial charge in [0.1, 0.15) is 12.0 Å². The van der Waals surface area contributed by atoms with Gasteiger partial charge in [0.2, 0.25) is 4.49 Å². The quantitative estimate of drug-likeness (QED) is 0.367. The lowest BCUT2D eigenvalue weighted by molar-refractivity contribution is 0.279. The topological polar surface area (TPSA) is 66.8 Å². The molecule has 1 aromatic heterocycles. The van der Waals surface area contributed by atoms with Gasteiger partial charge in [0.05, 0.1) is 0 Å². The Morgan fingerprint density at radius 2 is 1.74 bits per heavy atom. The summed E-state index contributed by atoms with van der Waals surface area (Å²) in [5.74, 6) is 0. The predicted octanol–water partition coefficient (Wildman–Crippen LogP) is 5.61. The molecule has 4 nitrogen and oxygen atoms in total. The van der Waals surface area contributed by atoms with E-state index in [1.165, 1.54) is 0 Å². The summed E-state index contributed by atoms with van der Waals surface area (Å²) in [6.45, 7) is 15.2. The van der Waals surface area contributed by atoms with Gasteiger partial charge < -0.3 is 14.2 Å². The fourth-order valence-corrected chi connectivity index (χ4v) is 8.06. The van der Waals surface area contributed by atoms with Crippen molar-refractivity contribution in [2.24, 2.45) is 0 Å². The van der Waals surface area contributed by atoms with Gasteiger partial charge in [0, 0.05) is 29.4 Å². The van der Waals surface area contributed by atoms with Gasteiger partial charge in [0.15, 0.2) is 13.2 Å². The van der Waals surface area contributed by atoms with Crippen LogP contribution in [0.5, 0.6) is 0 Å². The van der Waals surface area contributed by atoms with Crippen LogP contribution in [0.25, 0.3) is 0 Å². The Balaban J connectivity index is 3.16. The first kappa shape index (κ1) is 21.1. The molecule has 7 heteroatoms. The monoisotopic (exact) mass is 379 g/mol. The second-order valence-corrected chi connectivity index (χ2v) is 16.9. The zero-order valence-corrected chi connectivity index (χ0v) is 18.1. The molecule has 0 aromatic carbocycles. The summed E-state index contributed by atoms with van der Waals surface area (Å²) in [5, 5.41) is 2.07. The van der Waals surface area contributed by atoms with Crippen molar-refractivity contribution in [3.05, 3.63) is 22.4 Å². The summed E-state index contributed by atoms with van der Waals surface area (Å²) in [7, 11) is -6.68. The molecular weight excluding hydrogens is 347 g/mol. The lowest BCUT2D eigenvalue weighted by Crippen LogP contribution is -2.40. The van der Waals surface area contributed by atoms with Crippen molar-refractivity contribution in [1.29, 1.82) is 0 Å². The SMILES string of the molecule is CCC(CC)([s+]1cccc1CO[Si](C)(C)C(C)(C)C)P(=O)(O)O. The van der Waals surface area contributed by atoms with Crippen LogP contribution in [0.4, 0.5) is 0 Å². The molecule has 1 heterocycles. The minimum atomic E-state index is -4.21. The number of hydrogen-bond donors (Lipinski definition) is 2. The van der Waals surface area contributed by atoms with Crippen LogP contribution in [0.15, 0.2) is 17.5 Å². The van der Waals surface area contributed by atoms with Gasteiger partial charge in [-0.05, 0) is 24.2 Å². The van der Waals surface area contributed by atoms with Gasteiger partial charge in [-0.3, -0.25) is 4.57 Å². The van der Waals surface area contributed by atoms with Gasteiger partial charge in [-0.25, -0.2) is 0 Å². The average Bonchev–Trinajstić information content (AvgIpc) is 2.84. The van der Waals surface area contributed by atoms with Crippen LogP contribution in [0, 0.1) is 0 Å². The van der Waals surface area contributed by atoms with Crippen molar-refractivity contribution in [2.75, 3.05) is 0 Å². The third-order valence-electron chi connectivity index (χ3n) is 5.21. The molecule has 0 aliphatic heterocycles. The zero-order valence-electron chi connectivity index (χ0n) is 15.4. The maximum atomic E-state index is 12.2. The third-order valence-corrected chi connectivity index (χ3v) is 15.3. The highest BCUT2D eigenvalue weighted by Gasteiger charge is 2.55. The molecule has 1 unspecified atom stereocenters. The molecule has 134 valence electrons. The highest BCUT2D eigenvalue weighted by molar-refractivity contribution is 7.63. The summed E-state index contributed by atoms with van der Waals surface area (Å²) in [6.07, 6.45) is 0.914. The maximum Gasteiger partial charge on any atom is 0.385 e. The van der Waals surface area contributed by atoms with E-state index in [1.807, 2.05) is 31.4 Å². The van der Waals surface area contributed by atoms with E-state index in [9.17, 15) is 14.4 Å². The van der Waals surface area contributed by atoms with E-state index in [4.69, 9.17) is 4.43 Å². The van der Waals surface area contributed by atoms with Crippen LogP contribution in [0.3, 0.4) is 0 Å². The van der Waals surface area contributed by atoms with E-state index in [2.05, 4.69) is 33.9 Å². The molecule has 0 fully saturated rings. The van der Waals surface area contributed by atoms with Gasteiger partial charge >= 0.3 is 7.60 Å². The third kappa shape index (κ3) is 4.17. The number of thiophene rings is 1. The van der Waals surface area contributed by atoms with Gasteiger partial charge in [-0.2, -0.15) is 0 Å². The Kier molecular flexibility index (Phi) is 6.51. The summed E-state index contributed by atoms with van der Waals surface area (Å²) >= 11 is 0. The largest absolute Gasteiger partial charge is 0.408 e. The van der Waals surface area contributed by atoms with E-state index < -0.39 is 30.9 Å². The van der Waals surface area contributed by atoms with E-state index in [0.29, 0.717) is 19.4 Å².